The first-order valence-electron chi connectivity index (χ1n) is 7.13. The molecule has 8 heteroatoms. The highest BCUT2D eigenvalue weighted by Crippen LogP contribution is 2.44. The van der Waals surface area contributed by atoms with Crippen LogP contribution >= 0.6 is 0 Å². The van der Waals surface area contributed by atoms with E-state index < -0.39 is 0 Å². The number of hydrogen-bond donors (Lipinski definition) is 2. The number of amides is 1. The highest BCUT2D eigenvalue weighted by molar-refractivity contribution is 6.15. The van der Waals surface area contributed by atoms with E-state index in [4.69, 9.17) is 18.7 Å². The quantitative estimate of drug-likeness (QED) is 0.746. The summed E-state index contributed by atoms with van der Waals surface area (Å²) in [5, 5.41) is 7.03. The molecular weight excluding hydrogens is 314 g/mol. The molecule has 0 saturated carbocycles. The molecule has 1 aromatic carbocycles. The molecule has 0 aliphatic carbocycles. The number of ether oxygens (including phenoxy) is 3. The lowest BCUT2D eigenvalue weighted by molar-refractivity contribution is 0.102. The Balaban J connectivity index is 2.10. The molecule has 8 nitrogen and oxygen atoms in total. The molecule has 3 rings (SSSR count). The van der Waals surface area contributed by atoms with Gasteiger partial charge in [-0.15, -0.1) is 0 Å². The topological polar surface area (TPSA) is 98.6 Å². The lowest BCUT2D eigenvalue weighted by Gasteiger charge is -2.13. The van der Waals surface area contributed by atoms with Crippen molar-refractivity contribution in [3.63, 3.8) is 0 Å². The van der Waals surface area contributed by atoms with Crippen molar-refractivity contribution in [1.29, 1.82) is 0 Å². The maximum Gasteiger partial charge on any atom is 0.259 e. The molecule has 0 aliphatic heterocycles. The molecule has 24 heavy (non-hydrogen) atoms. The number of benzene rings is 1. The van der Waals surface area contributed by atoms with Crippen LogP contribution in [-0.2, 0) is 0 Å². The van der Waals surface area contributed by atoms with E-state index in [0.29, 0.717) is 45.3 Å². The predicted molar refractivity (Wildman–Crippen MR) is 87.1 cm³/mol. The van der Waals surface area contributed by atoms with Gasteiger partial charge in [-0.3, -0.25) is 4.79 Å². The molecule has 0 atom stereocenters. The van der Waals surface area contributed by atoms with Gasteiger partial charge in [0.05, 0.1) is 37.8 Å². The minimum Gasteiger partial charge on any atom is -0.493 e. The molecule has 0 spiro atoms. The number of nitrogens with zero attached hydrogens (tertiary/aromatic N) is 1. The van der Waals surface area contributed by atoms with Crippen molar-refractivity contribution in [3.05, 3.63) is 29.7 Å². The Morgan fingerprint density at radius 3 is 2.50 bits per heavy atom. The number of hydrogen-bond acceptors (Lipinski definition) is 6. The Morgan fingerprint density at radius 1 is 1.17 bits per heavy atom. The number of aromatic amines is 1. The molecule has 1 amide bonds. The summed E-state index contributed by atoms with van der Waals surface area (Å²) < 4.78 is 21.1. The maximum absolute atomic E-state index is 12.6. The Labute approximate surface area is 137 Å². The Bertz CT molecular complexity index is 897. The van der Waals surface area contributed by atoms with Gasteiger partial charge in [0.2, 0.25) is 5.75 Å². The number of H-pyrrole nitrogens is 1. The van der Waals surface area contributed by atoms with Crippen LogP contribution in [0.15, 0.2) is 22.9 Å². The summed E-state index contributed by atoms with van der Waals surface area (Å²) in [7, 11) is 4.55. The summed E-state index contributed by atoms with van der Waals surface area (Å²) >= 11 is 0. The highest BCUT2D eigenvalue weighted by Gasteiger charge is 2.23. The fraction of sp³-hybridized carbons (Fsp3) is 0.250. The summed E-state index contributed by atoms with van der Waals surface area (Å²) in [5.41, 5.74) is 1.08. The molecule has 2 aromatic heterocycles. The van der Waals surface area contributed by atoms with Crippen LogP contribution in [0, 0.1) is 6.92 Å². The van der Waals surface area contributed by atoms with Crippen LogP contribution in [0.1, 0.15) is 16.1 Å². The average Bonchev–Trinajstić information content (AvgIpc) is 3.18. The molecule has 0 aliphatic rings. The lowest BCUT2D eigenvalue weighted by atomic mass is 10.1. The van der Waals surface area contributed by atoms with Gasteiger partial charge in [0.25, 0.3) is 5.91 Å². The Kier molecular flexibility index (Phi) is 4.03. The number of anilines is 1. The smallest absolute Gasteiger partial charge is 0.259 e. The van der Waals surface area contributed by atoms with Crippen LogP contribution in [0.3, 0.4) is 0 Å². The van der Waals surface area contributed by atoms with E-state index in [9.17, 15) is 4.79 Å². The van der Waals surface area contributed by atoms with Crippen LogP contribution in [0.2, 0.25) is 0 Å². The number of aryl methyl sites for hydroxylation is 1. The number of carbonyl (C=O) groups excluding carboxylic acids is 1. The third kappa shape index (κ3) is 2.51. The minimum absolute atomic E-state index is 0.339. The van der Waals surface area contributed by atoms with Crippen LogP contribution in [0.4, 0.5) is 5.82 Å². The molecule has 3 aromatic rings. The van der Waals surface area contributed by atoms with E-state index in [-0.39, 0.29) is 5.91 Å². The monoisotopic (exact) mass is 331 g/mol. The Hall–Kier alpha value is -3.16. The summed E-state index contributed by atoms with van der Waals surface area (Å²) in [6.07, 6.45) is 1.59. The van der Waals surface area contributed by atoms with Crippen LogP contribution < -0.4 is 19.5 Å². The van der Waals surface area contributed by atoms with Crippen molar-refractivity contribution in [1.82, 2.24) is 10.1 Å². The number of rotatable bonds is 5. The van der Waals surface area contributed by atoms with Crippen molar-refractivity contribution < 1.29 is 23.5 Å². The number of aromatic nitrogens is 2. The normalized spacial score (nSPS) is 10.7. The first kappa shape index (κ1) is 15.7. The number of methoxy groups -OCH3 is 3. The zero-order chi connectivity index (χ0) is 17.3. The number of carbonyl (C=O) groups is 1. The zero-order valence-corrected chi connectivity index (χ0v) is 13.7. The summed E-state index contributed by atoms with van der Waals surface area (Å²) in [5.74, 6) is 1.93. The lowest BCUT2D eigenvalue weighted by Crippen LogP contribution is -2.12. The van der Waals surface area contributed by atoms with Gasteiger partial charge in [0, 0.05) is 18.3 Å². The highest BCUT2D eigenvalue weighted by atomic mass is 16.5. The van der Waals surface area contributed by atoms with E-state index in [1.165, 1.54) is 21.3 Å². The summed E-state index contributed by atoms with van der Waals surface area (Å²) in [6.45, 7) is 1.74. The zero-order valence-electron chi connectivity index (χ0n) is 13.7. The largest absolute Gasteiger partial charge is 0.493 e. The SMILES string of the molecule is COc1cc2[nH]cc(C(=O)Nc3cc(C)on3)c2c(OC)c1OC. The molecule has 2 heterocycles. The molecule has 0 bridgehead atoms. The molecule has 0 fully saturated rings. The van der Waals surface area contributed by atoms with Gasteiger partial charge in [-0.05, 0) is 6.92 Å². The molecule has 2 N–H and O–H groups in total. The maximum atomic E-state index is 12.6. The molecule has 126 valence electrons. The molecule has 0 saturated heterocycles. The van der Waals surface area contributed by atoms with Gasteiger partial charge in [-0.2, -0.15) is 0 Å². The van der Waals surface area contributed by atoms with E-state index in [1.54, 1.807) is 25.3 Å². The van der Waals surface area contributed by atoms with Crippen molar-refractivity contribution in [3.8, 4) is 17.2 Å². The van der Waals surface area contributed by atoms with E-state index in [2.05, 4.69) is 15.5 Å². The first-order valence-corrected chi connectivity index (χ1v) is 7.13. The molecular formula is C16H17N3O5. The fourth-order valence-electron chi connectivity index (χ4n) is 2.55. The van der Waals surface area contributed by atoms with E-state index in [0.717, 1.165) is 0 Å². The van der Waals surface area contributed by atoms with Gasteiger partial charge >= 0.3 is 0 Å². The van der Waals surface area contributed by atoms with Crippen molar-refractivity contribution in [2.24, 2.45) is 0 Å². The van der Waals surface area contributed by atoms with Gasteiger partial charge in [-0.1, -0.05) is 5.16 Å². The second-order valence-electron chi connectivity index (χ2n) is 5.05. The van der Waals surface area contributed by atoms with E-state index in [1.807, 2.05) is 0 Å². The predicted octanol–water partition coefficient (Wildman–Crippen LogP) is 2.74. The average molecular weight is 331 g/mol. The third-order valence-electron chi connectivity index (χ3n) is 3.59. The second kappa shape index (κ2) is 6.15. The van der Waals surface area contributed by atoms with Gasteiger partial charge in [0.1, 0.15) is 5.76 Å². The number of nitrogens with one attached hydrogen (secondary N) is 2. The van der Waals surface area contributed by atoms with Crippen molar-refractivity contribution in [2.45, 2.75) is 6.92 Å². The van der Waals surface area contributed by atoms with E-state index >= 15 is 0 Å². The van der Waals surface area contributed by atoms with Gasteiger partial charge in [-0.25, -0.2) is 0 Å². The molecule has 0 radical (unpaired) electrons. The Morgan fingerprint density at radius 2 is 1.92 bits per heavy atom. The summed E-state index contributed by atoms with van der Waals surface area (Å²) in [4.78, 5) is 15.6. The summed E-state index contributed by atoms with van der Waals surface area (Å²) in [6, 6.07) is 3.38. The first-order chi connectivity index (χ1) is 11.6. The second-order valence-corrected chi connectivity index (χ2v) is 5.05. The van der Waals surface area contributed by atoms with Crippen molar-refractivity contribution >= 4 is 22.6 Å². The van der Waals surface area contributed by atoms with Gasteiger partial charge in [0.15, 0.2) is 17.3 Å². The van der Waals surface area contributed by atoms with Gasteiger partial charge < -0.3 is 29.0 Å². The van der Waals surface area contributed by atoms with Crippen LogP contribution in [0.5, 0.6) is 17.2 Å². The minimum atomic E-state index is -0.347. The number of fused-ring (bicyclic) bond motifs is 1. The molecule has 0 unspecified atom stereocenters. The fourth-order valence-corrected chi connectivity index (χ4v) is 2.55. The third-order valence-corrected chi connectivity index (χ3v) is 3.59. The van der Waals surface area contributed by atoms with Crippen LogP contribution in [-0.4, -0.2) is 37.4 Å². The van der Waals surface area contributed by atoms with Crippen molar-refractivity contribution in [2.75, 3.05) is 26.6 Å². The van der Waals surface area contributed by atoms with Crippen LogP contribution in [0.25, 0.3) is 10.9 Å². The standard InChI is InChI=1S/C16H17N3O5/c1-8-5-12(19-24-8)18-16(20)9-7-17-10-6-11(21-2)14(22-3)15(23-4)13(9)10/h5-7,17H,1-4H3,(H,18,19,20).